The first kappa shape index (κ1) is 32.2. The summed E-state index contributed by atoms with van der Waals surface area (Å²) >= 11 is 0. The molecule has 0 aromatic heterocycles. The maximum absolute atomic E-state index is 14.0. The smallest absolute Gasteiger partial charge is 0.335 e. The molecule has 0 radical (unpaired) electrons. The second kappa shape index (κ2) is 12.3. The molecule has 4 fully saturated rings. The zero-order valence-corrected chi connectivity index (χ0v) is 26.8. The molecule has 4 aliphatic rings. The third kappa shape index (κ3) is 5.69. The van der Waals surface area contributed by atoms with Crippen molar-refractivity contribution in [2.24, 2.45) is 29.1 Å². The fourth-order valence-corrected chi connectivity index (χ4v) is 7.98. The van der Waals surface area contributed by atoms with Crippen LogP contribution >= 0.6 is 0 Å². The highest BCUT2D eigenvalue weighted by Crippen LogP contribution is 2.61. The van der Waals surface area contributed by atoms with Crippen molar-refractivity contribution in [2.75, 3.05) is 32.7 Å². The maximum Gasteiger partial charge on any atom is 0.335 e. The maximum atomic E-state index is 14.0. The molecule has 1 amide bonds. The van der Waals surface area contributed by atoms with Gasteiger partial charge in [0.15, 0.2) is 0 Å². The van der Waals surface area contributed by atoms with Crippen LogP contribution in [0.25, 0.3) is 11.1 Å². The minimum absolute atomic E-state index is 0.0363. The van der Waals surface area contributed by atoms with Crippen LogP contribution in [-0.2, 0) is 16.2 Å². The Morgan fingerprint density at radius 2 is 1.93 bits per heavy atom. The minimum Gasteiger partial charge on any atom is -0.496 e. The van der Waals surface area contributed by atoms with E-state index in [2.05, 4.69) is 26.1 Å². The minimum atomic E-state index is -1.03. The molecule has 0 spiro atoms. The van der Waals surface area contributed by atoms with Gasteiger partial charge in [0.2, 0.25) is 5.91 Å². The molecule has 2 aromatic rings. The average molecular weight is 610 g/mol. The van der Waals surface area contributed by atoms with Crippen molar-refractivity contribution in [3.05, 3.63) is 47.5 Å². The van der Waals surface area contributed by atoms with Crippen molar-refractivity contribution in [1.29, 1.82) is 0 Å². The number of aromatic carboxylic acids is 1. The van der Waals surface area contributed by atoms with Gasteiger partial charge in [0, 0.05) is 42.9 Å². The van der Waals surface area contributed by atoms with E-state index in [-0.39, 0.29) is 36.1 Å². The van der Waals surface area contributed by atoms with E-state index in [0.29, 0.717) is 40.2 Å². The SMILES string of the molecule is COc1c(CN2O[C@@H](CO)[C@@H]([C@H](C)O)C2C(=O)N[C@H]2C[C@@H]3C[C@H]([C@@H]2C)C3(C)C)cccc1-c1cc(C(=O)O)cc(N(C)C)c1. The predicted octanol–water partition coefficient (Wildman–Crippen LogP) is 3.79. The van der Waals surface area contributed by atoms with Crippen LogP contribution in [0, 0.1) is 29.1 Å². The number of hydroxylamine groups is 2. The number of nitrogens with one attached hydrogen (secondary N) is 1. The Balaban J connectivity index is 1.46. The summed E-state index contributed by atoms with van der Waals surface area (Å²) in [5.41, 5.74) is 3.25. The quantitative estimate of drug-likeness (QED) is 0.318. The average Bonchev–Trinajstić information content (AvgIpc) is 3.36. The molecule has 10 nitrogen and oxygen atoms in total. The van der Waals surface area contributed by atoms with Gasteiger partial charge < -0.3 is 30.3 Å². The largest absolute Gasteiger partial charge is 0.496 e. The molecule has 4 N–H and O–H groups in total. The number of nitrogens with zero attached hydrogens (tertiary/aromatic N) is 2. The topological polar surface area (TPSA) is 132 Å². The zero-order valence-electron chi connectivity index (χ0n) is 26.8. The van der Waals surface area contributed by atoms with Gasteiger partial charge in [-0.1, -0.05) is 39.0 Å². The number of carboxylic acid groups (broad SMARTS) is 1. The van der Waals surface area contributed by atoms with Crippen LogP contribution in [0.2, 0.25) is 0 Å². The summed E-state index contributed by atoms with van der Waals surface area (Å²) in [7, 11) is 5.25. The van der Waals surface area contributed by atoms with Gasteiger partial charge in [0.1, 0.15) is 17.9 Å². The molecule has 2 aromatic carbocycles. The Bertz CT molecular complexity index is 1390. The fraction of sp³-hybridized carbons (Fsp3) is 0.588. The van der Waals surface area contributed by atoms with Gasteiger partial charge in [0.05, 0.1) is 31.9 Å². The Morgan fingerprint density at radius 1 is 1.20 bits per heavy atom. The molecule has 1 heterocycles. The Kier molecular flexibility index (Phi) is 9.01. The molecule has 3 saturated carbocycles. The third-order valence-electron chi connectivity index (χ3n) is 10.7. The van der Waals surface area contributed by atoms with Crippen molar-refractivity contribution in [1.82, 2.24) is 10.4 Å². The van der Waals surface area contributed by atoms with E-state index in [1.165, 1.54) is 6.42 Å². The van der Waals surface area contributed by atoms with Gasteiger partial charge in [-0.3, -0.25) is 9.63 Å². The molecule has 44 heavy (non-hydrogen) atoms. The van der Waals surface area contributed by atoms with Crippen LogP contribution in [0.15, 0.2) is 36.4 Å². The number of ether oxygens (including phenoxy) is 1. The molecule has 6 rings (SSSR count). The number of fused-ring (bicyclic) bond motifs is 2. The Labute approximate surface area is 259 Å². The molecule has 10 heteroatoms. The van der Waals surface area contributed by atoms with Crippen LogP contribution in [0.5, 0.6) is 5.75 Å². The first-order valence-corrected chi connectivity index (χ1v) is 15.5. The lowest BCUT2D eigenvalue weighted by molar-refractivity contribution is -0.183. The van der Waals surface area contributed by atoms with E-state index < -0.39 is 30.1 Å². The summed E-state index contributed by atoms with van der Waals surface area (Å²) in [6.45, 7) is 8.29. The zero-order chi connectivity index (χ0) is 32.1. The summed E-state index contributed by atoms with van der Waals surface area (Å²) in [6.07, 6.45) is 0.461. The first-order valence-electron chi connectivity index (χ1n) is 15.5. The number of aliphatic hydroxyl groups excluding tert-OH is 2. The van der Waals surface area contributed by atoms with Crippen molar-refractivity contribution in [2.45, 2.75) is 71.4 Å². The summed E-state index contributed by atoms with van der Waals surface area (Å²) in [5.74, 6) is 0.0844. The van der Waals surface area contributed by atoms with E-state index in [0.717, 1.165) is 12.1 Å². The standard InChI is InChI=1S/C34H47N3O7/c1-18-26-14-23(34(26,3)4)15-27(18)35-32(40)30-29(19(2)39)28(17-38)44-37(30)16-20-9-8-10-25(31(20)43-7)21-11-22(33(41)42)13-24(12-21)36(5)6/h8-13,18-19,23,26-30,38-39H,14-17H2,1-7H3,(H,35,40)(H,41,42)/t18-,19-,23-,26+,27-,28-,29+,30?/m0/s1. The van der Waals surface area contributed by atoms with E-state index in [9.17, 15) is 24.9 Å². The second-order valence-corrected chi connectivity index (χ2v) is 13.7. The normalized spacial score (nSPS) is 29.9. The number of hydrogen-bond acceptors (Lipinski definition) is 8. The molecule has 1 saturated heterocycles. The lowest BCUT2D eigenvalue weighted by Gasteiger charge is -2.62. The molecule has 1 aliphatic heterocycles. The third-order valence-corrected chi connectivity index (χ3v) is 10.7. The van der Waals surface area contributed by atoms with Crippen LogP contribution in [-0.4, -0.2) is 84.4 Å². The van der Waals surface area contributed by atoms with Gasteiger partial charge in [-0.2, -0.15) is 5.06 Å². The Hall–Kier alpha value is -3.18. The number of carbonyl (C=O) groups is 2. The monoisotopic (exact) mass is 609 g/mol. The number of hydrogen-bond donors (Lipinski definition) is 4. The summed E-state index contributed by atoms with van der Waals surface area (Å²) < 4.78 is 5.89. The molecule has 8 atom stereocenters. The van der Waals surface area contributed by atoms with Gasteiger partial charge in [-0.05, 0) is 66.7 Å². The number of amides is 1. The first-order chi connectivity index (χ1) is 20.8. The molecule has 2 bridgehead atoms. The highest BCUT2D eigenvalue weighted by molar-refractivity contribution is 5.92. The van der Waals surface area contributed by atoms with Gasteiger partial charge in [0.25, 0.3) is 0 Å². The van der Waals surface area contributed by atoms with Crippen LogP contribution < -0.4 is 15.0 Å². The van der Waals surface area contributed by atoms with Crippen LogP contribution in [0.1, 0.15) is 56.5 Å². The number of carboxylic acids is 1. The predicted molar refractivity (Wildman–Crippen MR) is 167 cm³/mol. The number of carbonyl (C=O) groups excluding carboxylic acids is 1. The van der Waals surface area contributed by atoms with Crippen molar-refractivity contribution in [3.8, 4) is 16.9 Å². The fourth-order valence-electron chi connectivity index (χ4n) is 7.98. The van der Waals surface area contributed by atoms with Crippen LogP contribution in [0.4, 0.5) is 5.69 Å². The number of methoxy groups -OCH3 is 1. The van der Waals surface area contributed by atoms with Crippen LogP contribution in [0.3, 0.4) is 0 Å². The number of para-hydroxylation sites is 1. The number of anilines is 1. The summed E-state index contributed by atoms with van der Waals surface area (Å²) in [6, 6.07) is 9.92. The lowest BCUT2D eigenvalue weighted by Crippen LogP contribution is -2.62. The molecule has 1 unspecified atom stereocenters. The highest BCUT2D eigenvalue weighted by Gasteiger charge is 2.57. The van der Waals surface area contributed by atoms with Crippen molar-refractivity contribution in [3.63, 3.8) is 0 Å². The Morgan fingerprint density at radius 3 is 2.50 bits per heavy atom. The second-order valence-electron chi connectivity index (χ2n) is 13.7. The summed E-state index contributed by atoms with van der Waals surface area (Å²) in [4.78, 5) is 34.0. The van der Waals surface area contributed by atoms with Crippen molar-refractivity contribution < 1.29 is 34.5 Å². The summed E-state index contributed by atoms with van der Waals surface area (Å²) in [5, 5.41) is 35.6. The number of aliphatic hydroxyl groups is 2. The van der Waals surface area contributed by atoms with Gasteiger partial charge in [-0.25, -0.2) is 4.79 Å². The molecule has 3 aliphatic carbocycles. The van der Waals surface area contributed by atoms with Crippen molar-refractivity contribution >= 4 is 17.6 Å². The van der Waals surface area contributed by atoms with Gasteiger partial charge in [-0.15, -0.1) is 0 Å². The molecular formula is C34H47N3O7. The van der Waals surface area contributed by atoms with E-state index in [4.69, 9.17) is 9.57 Å². The highest BCUT2D eigenvalue weighted by atomic mass is 16.7. The van der Waals surface area contributed by atoms with Gasteiger partial charge >= 0.3 is 5.97 Å². The molecular weight excluding hydrogens is 562 g/mol. The van der Waals surface area contributed by atoms with E-state index in [1.54, 1.807) is 31.2 Å². The van der Waals surface area contributed by atoms with E-state index >= 15 is 0 Å². The lowest BCUT2D eigenvalue weighted by atomic mass is 9.45. The van der Waals surface area contributed by atoms with E-state index in [1.807, 2.05) is 43.3 Å². The molecule has 240 valence electrons. The number of benzene rings is 2. The number of rotatable bonds is 10.